The molecule has 0 bridgehead atoms. The van der Waals surface area contributed by atoms with Crippen LogP contribution in [0.1, 0.15) is 11.4 Å². The van der Waals surface area contributed by atoms with E-state index in [2.05, 4.69) is 15.1 Å². The Morgan fingerprint density at radius 3 is 2.93 bits per heavy atom. The van der Waals surface area contributed by atoms with Gasteiger partial charge in [0.2, 0.25) is 0 Å². The highest BCUT2D eigenvalue weighted by atomic mass is 35.5. The summed E-state index contributed by atoms with van der Waals surface area (Å²) < 4.78 is 1.81. The van der Waals surface area contributed by atoms with Gasteiger partial charge in [-0.15, -0.1) is 0 Å². The van der Waals surface area contributed by atoms with Crippen LogP contribution in [-0.4, -0.2) is 19.7 Å². The molecular formula is C9H9ClN4. The fourth-order valence-corrected chi connectivity index (χ4v) is 1.39. The van der Waals surface area contributed by atoms with Crippen LogP contribution in [0.15, 0.2) is 24.7 Å². The van der Waals surface area contributed by atoms with Gasteiger partial charge in [0.25, 0.3) is 0 Å². The predicted molar refractivity (Wildman–Crippen MR) is 53.1 cm³/mol. The Balaban J connectivity index is 2.23. The van der Waals surface area contributed by atoms with Gasteiger partial charge in [-0.3, -0.25) is 0 Å². The fraction of sp³-hybridized carbons (Fsp3) is 0.222. The van der Waals surface area contributed by atoms with Crippen molar-refractivity contribution in [2.45, 2.75) is 13.5 Å². The number of nitrogens with zero attached hydrogens (tertiary/aromatic N) is 4. The molecule has 0 aliphatic carbocycles. The first-order chi connectivity index (χ1) is 6.75. The summed E-state index contributed by atoms with van der Waals surface area (Å²) >= 11 is 5.77. The molecule has 4 nitrogen and oxygen atoms in total. The molecular weight excluding hydrogens is 200 g/mol. The van der Waals surface area contributed by atoms with E-state index in [1.54, 1.807) is 6.20 Å². The van der Waals surface area contributed by atoms with E-state index in [9.17, 15) is 0 Å². The summed E-state index contributed by atoms with van der Waals surface area (Å²) in [5.74, 6) is 0.887. The van der Waals surface area contributed by atoms with Gasteiger partial charge in [0.05, 0.1) is 6.54 Å². The molecule has 0 fully saturated rings. The lowest BCUT2D eigenvalue weighted by Gasteiger charge is -2.02. The Bertz CT molecular complexity index is 438. The second-order valence-corrected chi connectivity index (χ2v) is 3.34. The smallest absolute Gasteiger partial charge is 0.138 e. The van der Waals surface area contributed by atoms with Gasteiger partial charge >= 0.3 is 0 Å². The van der Waals surface area contributed by atoms with Crippen molar-refractivity contribution in [2.24, 2.45) is 0 Å². The van der Waals surface area contributed by atoms with E-state index in [4.69, 9.17) is 11.6 Å². The van der Waals surface area contributed by atoms with Crippen molar-refractivity contribution in [3.05, 3.63) is 41.2 Å². The van der Waals surface area contributed by atoms with Crippen LogP contribution in [-0.2, 0) is 6.54 Å². The second kappa shape index (κ2) is 3.75. The Morgan fingerprint density at radius 2 is 2.29 bits per heavy atom. The molecule has 0 saturated carbocycles. The second-order valence-electron chi connectivity index (χ2n) is 2.95. The van der Waals surface area contributed by atoms with Crippen LogP contribution < -0.4 is 0 Å². The van der Waals surface area contributed by atoms with Crippen molar-refractivity contribution < 1.29 is 0 Å². The lowest BCUT2D eigenvalue weighted by Crippen LogP contribution is -2.03. The van der Waals surface area contributed by atoms with E-state index in [0.29, 0.717) is 11.7 Å². The largest absolute Gasteiger partial charge is 0.246 e. The van der Waals surface area contributed by atoms with E-state index in [-0.39, 0.29) is 0 Å². The molecule has 0 saturated heterocycles. The molecule has 0 atom stereocenters. The normalized spacial score (nSPS) is 10.4. The summed E-state index contributed by atoms with van der Waals surface area (Å²) in [5, 5.41) is 4.58. The lowest BCUT2D eigenvalue weighted by molar-refractivity contribution is 0.660. The average molecular weight is 209 g/mol. The third kappa shape index (κ3) is 1.90. The zero-order valence-electron chi connectivity index (χ0n) is 7.68. The number of aryl methyl sites for hydroxylation is 1. The SMILES string of the molecule is Cc1ncnn1Cc1ccnc(Cl)c1. The van der Waals surface area contributed by atoms with Crippen LogP contribution >= 0.6 is 11.6 Å². The van der Waals surface area contributed by atoms with Gasteiger partial charge in [-0.2, -0.15) is 5.10 Å². The van der Waals surface area contributed by atoms with Crippen LogP contribution in [0.3, 0.4) is 0 Å². The predicted octanol–water partition coefficient (Wildman–Crippen LogP) is 1.68. The molecule has 0 aliphatic rings. The topological polar surface area (TPSA) is 43.6 Å². The van der Waals surface area contributed by atoms with Gasteiger partial charge in [0.1, 0.15) is 17.3 Å². The molecule has 72 valence electrons. The van der Waals surface area contributed by atoms with Crippen LogP contribution in [0.5, 0.6) is 0 Å². The summed E-state index contributed by atoms with van der Waals surface area (Å²) in [7, 11) is 0. The van der Waals surface area contributed by atoms with Crippen molar-refractivity contribution in [1.82, 2.24) is 19.7 Å². The zero-order chi connectivity index (χ0) is 9.97. The highest BCUT2D eigenvalue weighted by molar-refractivity contribution is 6.29. The minimum absolute atomic E-state index is 0.500. The Labute approximate surface area is 86.6 Å². The minimum atomic E-state index is 0.500. The van der Waals surface area contributed by atoms with Crippen molar-refractivity contribution in [2.75, 3.05) is 0 Å². The van der Waals surface area contributed by atoms with E-state index in [1.165, 1.54) is 6.33 Å². The highest BCUT2D eigenvalue weighted by Gasteiger charge is 2.00. The third-order valence-electron chi connectivity index (χ3n) is 1.93. The van der Waals surface area contributed by atoms with Gasteiger partial charge in [0.15, 0.2) is 0 Å². The molecule has 0 aromatic carbocycles. The van der Waals surface area contributed by atoms with Gasteiger partial charge in [-0.05, 0) is 24.6 Å². The molecule has 2 heterocycles. The minimum Gasteiger partial charge on any atom is -0.246 e. The Morgan fingerprint density at radius 1 is 1.43 bits per heavy atom. The number of hydrogen-bond donors (Lipinski definition) is 0. The van der Waals surface area contributed by atoms with Crippen molar-refractivity contribution in [3.63, 3.8) is 0 Å². The molecule has 0 N–H and O–H groups in total. The van der Waals surface area contributed by atoms with Gasteiger partial charge in [-0.25, -0.2) is 14.6 Å². The summed E-state index contributed by atoms with van der Waals surface area (Å²) in [5.41, 5.74) is 1.07. The number of rotatable bonds is 2. The monoisotopic (exact) mass is 208 g/mol. The molecule has 0 aliphatic heterocycles. The van der Waals surface area contributed by atoms with Crippen molar-refractivity contribution in [1.29, 1.82) is 0 Å². The van der Waals surface area contributed by atoms with Crippen LogP contribution in [0.4, 0.5) is 0 Å². The molecule has 0 unspecified atom stereocenters. The highest BCUT2D eigenvalue weighted by Crippen LogP contribution is 2.08. The molecule has 14 heavy (non-hydrogen) atoms. The maximum absolute atomic E-state index is 5.77. The Kier molecular flexibility index (Phi) is 2.45. The summed E-state index contributed by atoms with van der Waals surface area (Å²) in [6.45, 7) is 2.59. The molecule has 2 aromatic rings. The first kappa shape index (κ1) is 9.15. The third-order valence-corrected chi connectivity index (χ3v) is 2.14. The number of halogens is 1. The number of aromatic nitrogens is 4. The maximum atomic E-state index is 5.77. The number of pyridine rings is 1. The molecule has 0 radical (unpaired) electrons. The first-order valence-electron chi connectivity index (χ1n) is 4.20. The zero-order valence-corrected chi connectivity index (χ0v) is 8.44. The molecule has 2 rings (SSSR count). The first-order valence-corrected chi connectivity index (χ1v) is 4.58. The van der Waals surface area contributed by atoms with Crippen LogP contribution in [0, 0.1) is 6.92 Å². The van der Waals surface area contributed by atoms with Crippen LogP contribution in [0.2, 0.25) is 5.15 Å². The standard InChI is InChI=1S/C9H9ClN4/c1-7-12-6-13-14(7)5-8-2-3-11-9(10)4-8/h2-4,6H,5H2,1H3. The summed E-state index contributed by atoms with van der Waals surface area (Å²) in [4.78, 5) is 7.95. The summed E-state index contributed by atoms with van der Waals surface area (Å²) in [6, 6.07) is 3.73. The van der Waals surface area contributed by atoms with E-state index >= 15 is 0 Å². The van der Waals surface area contributed by atoms with Gasteiger partial charge in [-0.1, -0.05) is 11.6 Å². The van der Waals surface area contributed by atoms with E-state index in [0.717, 1.165) is 11.4 Å². The summed E-state index contributed by atoms with van der Waals surface area (Å²) in [6.07, 6.45) is 3.22. The van der Waals surface area contributed by atoms with Crippen molar-refractivity contribution in [3.8, 4) is 0 Å². The van der Waals surface area contributed by atoms with Gasteiger partial charge in [0, 0.05) is 6.20 Å². The lowest BCUT2D eigenvalue weighted by atomic mass is 10.3. The molecule has 5 heteroatoms. The van der Waals surface area contributed by atoms with E-state index in [1.807, 2.05) is 23.7 Å². The van der Waals surface area contributed by atoms with E-state index < -0.39 is 0 Å². The molecule has 2 aromatic heterocycles. The molecule has 0 spiro atoms. The maximum Gasteiger partial charge on any atom is 0.138 e. The fourth-order valence-electron chi connectivity index (χ4n) is 1.19. The van der Waals surface area contributed by atoms with Crippen LogP contribution in [0.25, 0.3) is 0 Å². The number of hydrogen-bond acceptors (Lipinski definition) is 3. The molecule has 0 amide bonds. The van der Waals surface area contributed by atoms with Gasteiger partial charge < -0.3 is 0 Å². The quantitative estimate of drug-likeness (QED) is 0.706. The van der Waals surface area contributed by atoms with Crippen molar-refractivity contribution >= 4 is 11.6 Å². The Hall–Kier alpha value is -1.42. The average Bonchev–Trinajstić information content (AvgIpc) is 2.52.